The largest absolute Gasteiger partial charge is 0.487 e. The van der Waals surface area contributed by atoms with Crippen molar-refractivity contribution in [3.8, 4) is 5.75 Å². The molecule has 1 N–H and O–H groups in total. The third-order valence-electron chi connectivity index (χ3n) is 4.14. The number of nitro groups is 1. The Bertz CT molecular complexity index is 950. The fourth-order valence-corrected chi connectivity index (χ4v) is 2.86. The summed E-state index contributed by atoms with van der Waals surface area (Å²) in [6.45, 7) is 2.19. The summed E-state index contributed by atoms with van der Waals surface area (Å²) in [6.07, 6.45) is 0.266. The minimum Gasteiger partial charge on any atom is -0.487 e. The van der Waals surface area contributed by atoms with E-state index in [4.69, 9.17) is 9.47 Å². The number of H-pyrrole nitrogens is 1. The van der Waals surface area contributed by atoms with E-state index in [9.17, 15) is 14.9 Å². The van der Waals surface area contributed by atoms with Crippen molar-refractivity contribution in [2.45, 2.75) is 20.0 Å². The second kappa shape index (κ2) is 8.35. The molecule has 0 spiro atoms. The van der Waals surface area contributed by atoms with E-state index in [0.29, 0.717) is 23.6 Å². The Morgan fingerprint density at radius 1 is 1.19 bits per heavy atom. The maximum absolute atomic E-state index is 12.1. The summed E-state index contributed by atoms with van der Waals surface area (Å²) >= 11 is 0. The highest BCUT2D eigenvalue weighted by Crippen LogP contribution is 2.30. The SMILES string of the molecule is CCOC(=O)c1cc2c(CC[N+](=O)[O-])ccc(OCc3ccccc3)c2[nH]1. The van der Waals surface area contributed by atoms with Crippen molar-refractivity contribution in [1.29, 1.82) is 0 Å². The first-order valence-corrected chi connectivity index (χ1v) is 8.68. The van der Waals surface area contributed by atoms with Crippen LogP contribution >= 0.6 is 0 Å². The molecule has 0 saturated carbocycles. The van der Waals surface area contributed by atoms with Crippen LogP contribution < -0.4 is 4.74 Å². The number of hydrogen-bond donors (Lipinski definition) is 1. The highest BCUT2D eigenvalue weighted by atomic mass is 16.6. The molecule has 1 aromatic heterocycles. The number of carbonyl (C=O) groups is 1. The molecule has 3 aromatic rings. The summed E-state index contributed by atoms with van der Waals surface area (Å²) in [6, 6.07) is 15.0. The van der Waals surface area contributed by atoms with Gasteiger partial charge in [-0.15, -0.1) is 0 Å². The molecule has 0 aliphatic rings. The Hall–Kier alpha value is -3.35. The molecular weight excluding hydrogens is 348 g/mol. The van der Waals surface area contributed by atoms with E-state index in [2.05, 4.69) is 4.98 Å². The van der Waals surface area contributed by atoms with Crippen LogP contribution in [0.15, 0.2) is 48.5 Å². The van der Waals surface area contributed by atoms with Gasteiger partial charge in [-0.25, -0.2) is 4.79 Å². The first-order valence-electron chi connectivity index (χ1n) is 8.68. The number of benzene rings is 2. The van der Waals surface area contributed by atoms with Crippen LogP contribution in [0.25, 0.3) is 10.9 Å². The molecule has 140 valence electrons. The minimum absolute atomic E-state index is 0.181. The number of esters is 1. The Morgan fingerprint density at radius 3 is 2.67 bits per heavy atom. The van der Waals surface area contributed by atoms with Gasteiger partial charge >= 0.3 is 5.97 Å². The molecule has 0 bridgehead atoms. The monoisotopic (exact) mass is 368 g/mol. The number of rotatable bonds is 8. The molecule has 7 nitrogen and oxygen atoms in total. The Kier molecular flexibility index (Phi) is 5.71. The lowest BCUT2D eigenvalue weighted by Crippen LogP contribution is -2.04. The molecular formula is C20H20N2O5. The number of fused-ring (bicyclic) bond motifs is 1. The average Bonchev–Trinajstić information content (AvgIpc) is 3.12. The Morgan fingerprint density at radius 2 is 1.96 bits per heavy atom. The number of ether oxygens (including phenoxy) is 2. The number of hydrogen-bond acceptors (Lipinski definition) is 5. The maximum Gasteiger partial charge on any atom is 0.354 e. The fraction of sp³-hybridized carbons (Fsp3) is 0.250. The zero-order chi connectivity index (χ0) is 19.2. The van der Waals surface area contributed by atoms with E-state index in [-0.39, 0.29) is 24.5 Å². The zero-order valence-electron chi connectivity index (χ0n) is 14.9. The minimum atomic E-state index is -0.470. The van der Waals surface area contributed by atoms with E-state index in [0.717, 1.165) is 16.5 Å². The van der Waals surface area contributed by atoms with Crippen LogP contribution in [0.2, 0.25) is 0 Å². The van der Waals surface area contributed by atoms with Crippen molar-refractivity contribution in [2.75, 3.05) is 13.2 Å². The van der Waals surface area contributed by atoms with Crippen molar-refractivity contribution in [1.82, 2.24) is 4.98 Å². The molecule has 0 saturated heterocycles. The second-order valence-corrected chi connectivity index (χ2v) is 6.00. The number of nitrogens with one attached hydrogen (secondary N) is 1. The molecule has 0 unspecified atom stereocenters. The van der Waals surface area contributed by atoms with Crippen LogP contribution in [0.4, 0.5) is 0 Å². The standard InChI is InChI=1S/C20H20N2O5/c1-2-26-20(23)17-12-16-15(10-11-22(24)25)8-9-18(19(16)21-17)27-13-14-6-4-3-5-7-14/h3-9,12,21H,2,10-11,13H2,1H3. The lowest BCUT2D eigenvalue weighted by atomic mass is 10.1. The molecule has 0 atom stereocenters. The summed E-state index contributed by atoms with van der Waals surface area (Å²) in [4.78, 5) is 25.5. The van der Waals surface area contributed by atoms with Gasteiger partial charge in [-0.3, -0.25) is 10.1 Å². The molecule has 0 aliphatic carbocycles. The summed E-state index contributed by atoms with van der Waals surface area (Å²) in [5.41, 5.74) is 2.72. The first-order chi connectivity index (χ1) is 13.1. The van der Waals surface area contributed by atoms with Gasteiger partial charge in [0.1, 0.15) is 18.1 Å². The lowest BCUT2D eigenvalue weighted by Gasteiger charge is -2.09. The quantitative estimate of drug-likeness (QED) is 0.371. The van der Waals surface area contributed by atoms with Gasteiger partial charge in [0.2, 0.25) is 6.54 Å². The van der Waals surface area contributed by atoms with Gasteiger partial charge in [-0.05, 0) is 30.2 Å². The van der Waals surface area contributed by atoms with Crippen LogP contribution in [0.5, 0.6) is 5.75 Å². The van der Waals surface area contributed by atoms with E-state index in [1.165, 1.54) is 0 Å². The van der Waals surface area contributed by atoms with Crippen LogP contribution in [-0.4, -0.2) is 29.0 Å². The number of nitrogens with zero attached hydrogens (tertiary/aromatic N) is 1. The summed E-state index contributed by atoms with van der Waals surface area (Å²) in [7, 11) is 0. The van der Waals surface area contributed by atoms with Gasteiger partial charge in [-0.1, -0.05) is 36.4 Å². The first kappa shape index (κ1) is 18.4. The topological polar surface area (TPSA) is 94.5 Å². The maximum atomic E-state index is 12.1. The Labute approximate surface area is 156 Å². The molecule has 2 aromatic carbocycles. The third kappa shape index (κ3) is 4.44. The molecule has 0 amide bonds. The highest BCUT2D eigenvalue weighted by molar-refractivity contribution is 5.98. The predicted octanol–water partition coefficient (Wildman–Crippen LogP) is 3.74. The molecule has 3 rings (SSSR count). The third-order valence-corrected chi connectivity index (χ3v) is 4.14. The molecule has 7 heteroatoms. The van der Waals surface area contributed by atoms with Crippen molar-refractivity contribution in [3.63, 3.8) is 0 Å². The number of carbonyl (C=O) groups excluding carboxylic acids is 1. The van der Waals surface area contributed by atoms with Gasteiger partial charge in [0, 0.05) is 16.7 Å². The van der Waals surface area contributed by atoms with Crippen LogP contribution in [-0.2, 0) is 17.8 Å². The van der Waals surface area contributed by atoms with E-state index in [1.54, 1.807) is 25.1 Å². The van der Waals surface area contributed by atoms with Crippen LogP contribution in [0.3, 0.4) is 0 Å². The van der Waals surface area contributed by atoms with Crippen molar-refractivity contribution in [3.05, 3.63) is 75.5 Å². The highest BCUT2D eigenvalue weighted by Gasteiger charge is 2.17. The van der Waals surface area contributed by atoms with Crippen LogP contribution in [0, 0.1) is 10.1 Å². The molecule has 0 fully saturated rings. The van der Waals surface area contributed by atoms with Gasteiger partial charge in [0.15, 0.2) is 0 Å². The van der Waals surface area contributed by atoms with Crippen molar-refractivity contribution in [2.24, 2.45) is 0 Å². The summed E-state index contributed by atoms with van der Waals surface area (Å²) in [5.74, 6) is 0.109. The van der Waals surface area contributed by atoms with Gasteiger partial charge < -0.3 is 14.5 Å². The second-order valence-electron chi connectivity index (χ2n) is 6.00. The van der Waals surface area contributed by atoms with E-state index >= 15 is 0 Å². The smallest absolute Gasteiger partial charge is 0.354 e. The van der Waals surface area contributed by atoms with E-state index < -0.39 is 5.97 Å². The molecule has 0 aliphatic heterocycles. The van der Waals surface area contributed by atoms with Gasteiger partial charge in [-0.2, -0.15) is 0 Å². The zero-order valence-corrected chi connectivity index (χ0v) is 14.9. The Balaban J connectivity index is 1.94. The molecule has 27 heavy (non-hydrogen) atoms. The van der Waals surface area contributed by atoms with Crippen molar-refractivity contribution < 1.29 is 19.2 Å². The fourth-order valence-electron chi connectivity index (χ4n) is 2.86. The lowest BCUT2D eigenvalue weighted by molar-refractivity contribution is -0.479. The van der Waals surface area contributed by atoms with E-state index in [1.807, 2.05) is 30.3 Å². The molecule has 1 heterocycles. The predicted molar refractivity (Wildman–Crippen MR) is 101 cm³/mol. The van der Waals surface area contributed by atoms with Crippen molar-refractivity contribution >= 4 is 16.9 Å². The van der Waals surface area contributed by atoms with Gasteiger partial charge in [0.25, 0.3) is 0 Å². The molecule has 0 radical (unpaired) electrons. The number of aromatic amines is 1. The average molecular weight is 368 g/mol. The summed E-state index contributed by atoms with van der Waals surface area (Å²) in [5, 5.41) is 11.5. The normalized spacial score (nSPS) is 10.7. The number of aromatic nitrogens is 1. The van der Waals surface area contributed by atoms with Crippen LogP contribution in [0.1, 0.15) is 28.5 Å². The van der Waals surface area contributed by atoms with Gasteiger partial charge in [0.05, 0.1) is 12.1 Å². The summed E-state index contributed by atoms with van der Waals surface area (Å²) < 4.78 is 11.0.